The van der Waals surface area contributed by atoms with E-state index >= 15 is 0 Å². The molecule has 0 spiro atoms. The summed E-state index contributed by atoms with van der Waals surface area (Å²) in [7, 11) is 0. The van der Waals surface area contributed by atoms with E-state index in [0.29, 0.717) is 4.91 Å². The van der Waals surface area contributed by atoms with Crippen LogP contribution in [0.1, 0.15) is 6.92 Å². The number of ether oxygens (including phenoxy) is 1. The number of esters is 1. The Hall–Kier alpha value is -2.19. The lowest BCUT2D eigenvalue weighted by Gasteiger charge is -1.99. The van der Waals surface area contributed by atoms with E-state index in [1.54, 1.807) is 6.92 Å². The van der Waals surface area contributed by atoms with Gasteiger partial charge >= 0.3 is 5.97 Å². The van der Waals surface area contributed by atoms with E-state index in [4.69, 9.17) is 5.26 Å². The van der Waals surface area contributed by atoms with E-state index in [0.717, 1.165) is 11.0 Å². The predicted octanol–water partition coefficient (Wildman–Crippen LogP) is 3.19. The Morgan fingerprint density at radius 3 is 2.68 bits per heavy atom. The number of carbonyl (C=O) groups excluding carboxylic acids is 1. The Morgan fingerprint density at radius 1 is 1.42 bits per heavy atom. The number of nitrogens with zero attached hydrogens (tertiary/aromatic N) is 1. The van der Waals surface area contributed by atoms with Crippen LogP contribution in [0.4, 0.5) is 0 Å². The third kappa shape index (κ3) is 5.32. The van der Waals surface area contributed by atoms with Gasteiger partial charge in [-0.1, -0.05) is 30.0 Å². The van der Waals surface area contributed by atoms with Crippen LogP contribution in [-0.4, -0.2) is 17.7 Å². The Kier molecular flexibility index (Phi) is 6.27. The molecule has 1 aromatic rings. The topological polar surface area (TPSA) is 70.3 Å². The van der Waals surface area contributed by atoms with Crippen molar-refractivity contribution >= 4 is 17.7 Å². The highest BCUT2D eigenvalue weighted by atomic mass is 32.2. The van der Waals surface area contributed by atoms with Gasteiger partial charge < -0.3 is 9.84 Å². The van der Waals surface area contributed by atoms with E-state index in [2.05, 4.69) is 4.74 Å². The first-order valence-electron chi connectivity index (χ1n) is 5.58. The minimum atomic E-state index is -0.805. The molecule has 0 unspecified atom stereocenters. The molecule has 0 aliphatic rings. The zero-order valence-corrected chi connectivity index (χ0v) is 11.2. The Labute approximate surface area is 116 Å². The van der Waals surface area contributed by atoms with Crippen molar-refractivity contribution in [2.24, 2.45) is 0 Å². The van der Waals surface area contributed by atoms with E-state index in [1.165, 1.54) is 17.8 Å². The average Bonchev–Trinajstić information content (AvgIpc) is 2.44. The highest BCUT2D eigenvalue weighted by Gasteiger charge is 2.06. The van der Waals surface area contributed by atoms with Crippen molar-refractivity contribution < 1.29 is 14.6 Å². The molecule has 0 radical (unpaired) electrons. The molecule has 1 rings (SSSR count). The molecule has 0 amide bonds. The van der Waals surface area contributed by atoms with Crippen molar-refractivity contribution in [3.8, 4) is 6.07 Å². The molecule has 0 fully saturated rings. The second-order valence-corrected chi connectivity index (χ2v) is 4.45. The molecule has 0 heterocycles. The number of hydrogen-bond donors (Lipinski definition) is 1. The van der Waals surface area contributed by atoms with Crippen LogP contribution in [0.3, 0.4) is 0 Å². The zero-order valence-electron chi connectivity index (χ0n) is 10.4. The molecule has 0 atom stereocenters. The van der Waals surface area contributed by atoms with E-state index in [-0.39, 0.29) is 6.61 Å². The summed E-state index contributed by atoms with van der Waals surface area (Å²) in [6, 6.07) is 11.3. The van der Waals surface area contributed by atoms with Gasteiger partial charge in [-0.05, 0) is 31.2 Å². The molecular formula is C14H13NO3S. The van der Waals surface area contributed by atoms with Crippen LogP contribution in [0.2, 0.25) is 0 Å². The minimum absolute atomic E-state index is 0.185. The number of thioether (sulfide) groups is 1. The molecule has 0 aromatic heterocycles. The molecule has 0 aliphatic heterocycles. The molecule has 0 bridgehead atoms. The first kappa shape index (κ1) is 14.9. The van der Waals surface area contributed by atoms with Gasteiger partial charge in [0.1, 0.15) is 6.07 Å². The lowest BCUT2D eigenvalue weighted by atomic mass is 10.4. The maximum atomic E-state index is 11.1. The van der Waals surface area contributed by atoms with Crippen LogP contribution in [0.15, 0.2) is 58.0 Å². The predicted molar refractivity (Wildman–Crippen MR) is 73.3 cm³/mol. The van der Waals surface area contributed by atoms with Gasteiger partial charge in [0.05, 0.1) is 11.5 Å². The van der Waals surface area contributed by atoms with Crippen molar-refractivity contribution in [3.63, 3.8) is 0 Å². The van der Waals surface area contributed by atoms with Gasteiger partial charge in [0.25, 0.3) is 0 Å². The van der Waals surface area contributed by atoms with Crippen molar-refractivity contribution in [1.82, 2.24) is 0 Å². The van der Waals surface area contributed by atoms with Crippen molar-refractivity contribution in [2.45, 2.75) is 11.8 Å². The number of aliphatic hydroxyl groups excluding tert-OH is 1. The fourth-order valence-electron chi connectivity index (χ4n) is 1.14. The van der Waals surface area contributed by atoms with Gasteiger partial charge in [-0.3, -0.25) is 0 Å². The molecule has 19 heavy (non-hydrogen) atoms. The van der Waals surface area contributed by atoms with Crippen LogP contribution < -0.4 is 0 Å². The normalized spacial score (nSPS) is 11.8. The van der Waals surface area contributed by atoms with Crippen LogP contribution >= 0.6 is 11.8 Å². The molecule has 1 aromatic carbocycles. The molecule has 0 saturated carbocycles. The number of allylic oxidation sites excluding steroid dienone is 3. The van der Waals surface area contributed by atoms with Gasteiger partial charge in [0, 0.05) is 4.90 Å². The summed E-state index contributed by atoms with van der Waals surface area (Å²) in [5.41, 5.74) is 0. The minimum Gasteiger partial charge on any atom is -0.502 e. The summed E-state index contributed by atoms with van der Waals surface area (Å²) in [6.45, 7) is 1.83. The zero-order chi connectivity index (χ0) is 14.1. The number of hydrogen-bond acceptors (Lipinski definition) is 5. The average molecular weight is 275 g/mol. The molecule has 98 valence electrons. The van der Waals surface area contributed by atoms with Crippen molar-refractivity contribution in [1.29, 1.82) is 5.26 Å². The maximum absolute atomic E-state index is 11.1. The quantitative estimate of drug-likeness (QED) is 0.223. The Bertz CT molecular complexity index is 529. The fourth-order valence-corrected chi connectivity index (χ4v) is 1.87. The molecule has 0 saturated heterocycles. The lowest BCUT2D eigenvalue weighted by molar-refractivity contribution is -0.141. The highest BCUT2D eigenvalue weighted by molar-refractivity contribution is 8.03. The van der Waals surface area contributed by atoms with E-state index in [1.807, 2.05) is 36.4 Å². The summed E-state index contributed by atoms with van der Waals surface area (Å²) in [6.07, 6.45) is 2.54. The van der Waals surface area contributed by atoms with Crippen molar-refractivity contribution in [3.05, 3.63) is 53.1 Å². The van der Waals surface area contributed by atoms with Crippen LogP contribution in [0, 0.1) is 11.3 Å². The summed E-state index contributed by atoms with van der Waals surface area (Å²) in [4.78, 5) is 12.4. The number of benzene rings is 1. The smallest absolute Gasteiger partial charge is 0.373 e. The van der Waals surface area contributed by atoms with Crippen molar-refractivity contribution in [2.75, 3.05) is 6.61 Å². The second kappa shape index (κ2) is 8.01. The largest absolute Gasteiger partial charge is 0.502 e. The summed E-state index contributed by atoms with van der Waals surface area (Å²) in [5.74, 6) is -1.33. The number of rotatable bonds is 5. The van der Waals surface area contributed by atoms with Gasteiger partial charge in [0.15, 0.2) is 0 Å². The lowest BCUT2D eigenvalue weighted by Crippen LogP contribution is -2.06. The summed E-state index contributed by atoms with van der Waals surface area (Å²) >= 11 is 1.25. The molecule has 1 N–H and O–H groups in total. The van der Waals surface area contributed by atoms with Gasteiger partial charge in [-0.15, -0.1) is 0 Å². The van der Waals surface area contributed by atoms with Gasteiger partial charge in [-0.25, -0.2) is 4.79 Å². The second-order valence-electron chi connectivity index (χ2n) is 3.33. The number of aliphatic hydroxyl groups is 1. The van der Waals surface area contributed by atoms with Crippen LogP contribution in [0.25, 0.3) is 0 Å². The van der Waals surface area contributed by atoms with Gasteiger partial charge in [-0.2, -0.15) is 5.26 Å². The third-order valence-corrected chi connectivity index (χ3v) is 2.91. The standard InChI is InChI=1S/C14H13NO3S/c1-2-18-14(17)13(16)9-8-12(10-15)19-11-6-4-3-5-7-11/h3-9,16H,2H2,1H3/b12-8-,13-9-. The maximum Gasteiger partial charge on any atom is 0.373 e. The van der Waals surface area contributed by atoms with E-state index < -0.39 is 11.7 Å². The highest BCUT2D eigenvalue weighted by Crippen LogP contribution is 2.25. The van der Waals surface area contributed by atoms with Crippen LogP contribution in [0.5, 0.6) is 0 Å². The Balaban J connectivity index is 2.75. The fraction of sp³-hybridized carbons (Fsp3) is 0.143. The SMILES string of the molecule is CCOC(=O)/C(O)=C/C=C(/C#N)Sc1ccccc1. The molecular weight excluding hydrogens is 262 g/mol. The molecule has 5 heteroatoms. The summed E-state index contributed by atoms with van der Waals surface area (Å²) < 4.78 is 4.61. The number of carbonyl (C=O) groups is 1. The number of nitriles is 1. The third-order valence-electron chi connectivity index (χ3n) is 1.96. The first-order valence-corrected chi connectivity index (χ1v) is 6.40. The van der Waals surface area contributed by atoms with Gasteiger partial charge in [0.2, 0.25) is 5.76 Å². The monoisotopic (exact) mass is 275 g/mol. The van der Waals surface area contributed by atoms with Crippen LogP contribution in [-0.2, 0) is 9.53 Å². The van der Waals surface area contributed by atoms with E-state index in [9.17, 15) is 9.90 Å². The first-order chi connectivity index (χ1) is 9.17. The summed E-state index contributed by atoms with van der Waals surface area (Å²) in [5, 5.41) is 18.4. The Morgan fingerprint density at radius 2 is 2.11 bits per heavy atom. The molecule has 0 aliphatic carbocycles. The molecule has 4 nitrogen and oxygen atoms in total.